The van der Waals surface area contributed by atoms with Gasteiger partial charge in [0.1, 0.15) is 0 Å². The van der Waals surface area contributed by atoms with Crippen LogP contribution < -0.4 is 10.0 Å². The molecule has 2 N–H and O–H groups in total. The molecule has 3 aromatic rings. The van der Waals surface area contributed by atoms with Crippen molar-refractivity contribution in [1.82, 2.24) is 10.3 Å². The summed E-state index contributed by atoms with van der Waals surface area (Å²) in [5.74, 6) is -1.02. The number of carbonyl (C=O) groups excluding carboxylic acids is 2. The van der Waals surface area contributed by atoms with Crippen LogP contribution in [0.3, 0.4) is 0 Å². The number of hydrogen-bond acceptors (Lipinski definition) is 4. The van der Waals surface area contributed by atoms with Crippen LogP contribution in [0.2, 0.25) is 0 Å². The highest BCUT2D eigenvalue weighted by Gasteiger charge is 2.11. The van der Waals surface area contributed by atoms with E-state index in [0.717, 1.165) is 16.5 Å². The Balaban J connectivity index is 1.44. The number of aromatic amines is 1. The number of nitrogens with one attached hydrogen (secondary N) is 2. The van der Waals surface area contributed by atoms with E-state index < -0.39 is 5.97 Å². The van der Waals surface area contributed by atoms with Gasteiger partial charge in [0, 0.05) is 35.8 Å². The highest BCUT2D eigenvalue weighted by Crippen LogP contribution is 2.17. The Bertz CT molecular complexity index is 887. The lowest BCUT2D eigenvalue weighted by Crippen LogP contribution is -2.30. The molecule has 0 spiro atoms. The molecule has 3 rings (SSSR count). The first-order valence-electron chi connectivity index (χ1n) is 7.81. The number of esters is 1. The van der Waals surface area contributed by atoms with Crippen molar-refractivity contribution in [1.29, 1.82) is 0 Å². The van der Waals surface area contributed by atoms with E-state index in [0.29, 0.717) is 17.7 Å². The number of amides is 1. The Hall–Kier alpha value is -3.35. The number of hydrogen-bond donors (Lipinski definition) is 2. The van der Waals surface area contributed by atoms with Crippen molar-refractivity contribution in [2.45, 2.75) is 6.42 Å². The van der Waals surface area contributed by atoms with Crippen LogP contribution in [0.4, 0.5) is 0 Å². The summed E-state index contributed by atoms with van der Waals surface area (Å²) < 4.78 is 5.48. The molecule has 0 bridgehead atoms. The number of ether oxygens (including phenoxy) is 1. The van der Waals surface area contributed by atoms with Crippen LogP contribution in [0.25, 0.3) is 10.9 Å². The van der Waals surface area contributed by atoms with Crippen molar-refractivity contribution in [2.24, 2.45) is 0 Å². The minimum absolute atomic E-state index is 0.221. The molecular formula is C18H17N3O4. The highest BCUT2D eigenvalue weighted by atomic mass is 16.5. The lowest BCUT2D eigenvalue weighted by atomic mass is 10.1. The molecule has 7 nitrogen and oxygen atoms in total. The SMILES string of the molecule is O=C(COC(=O)c1cc[n+]([O-])cc1)NCCc1c[nH]c2ccccc12. The standard InChI is InChI=1S/C18H17N3O4/c22-17(12-25-18(23)13-6-9-21(24)10-7-13)19-8-5-14-11-20-16-4-2-1-3-15(14)16/h1-4,6-7,9-11,20H,5,8,12H2,(H,19,22). The number of carbonyl (C=O) groups is 2. The fourth-order valence-corrected chi connectivity index (χ4v) is 2.49. The summed E-state index contributed by atoms with van der Waals surface area (Å²) in [5.41, 5.74) is 2.39. The van der Waals surface area contributed by atoms with E-state index in [9.17, 15) is 14.8 Å². The van der Waals surface area contributed by atoms with E-state index in [4.69, 9.17) is 4.74 Å². The largest absolute Gasteiger partial charge is 0.619 e. The number of fused-ring (bicyclic) bond motifs is 1. The Kier molecular flexibility index (Phi) is 4.94. The molecule has 1 aromatic carbocycles. The third-order valence-electron chi connectivity index (χ3n) is 3.76. The Morgan fingerprint density at radius 3 is 2.72 bits per heavy atom. The van der Waals surface area contributed by atoms with E-state index in [1.165, 1.54) is 24.5 Å². The molecule has 7 heteroatoms. The molecule has 0 aliphatic heterocycles. The van der Waals surface area contributed by atoms with Gasteiger partial charge in [0.15, 0.2) is 19.0 Å². The first-order valence-corrected chi connectivity index (χ1v) is 7.81. The number of pyridine rings is 1. The summed E-state index contributed by atoms with van der Waals surface area (Å²) in [6.45, 7) is 0.0821. The number of rotatable bonds is 6. The van der Waals surface area contributed by atoms with Crippen LogP contribution in [0, 0.1) is 5.21 Å². The van der Waals surface area contributed by atoms with Gasteiger partial charge in [0.2, 0.25) is 0 Å². The molecule has 0 unspecified atom stereocenters. The van der Waals surface area contributed by atoms with Gasteiger partial charge in [-0.15, -0.1) is 0 Å². The van der Waals surface area contributed by atoms with Gasteiger partial charge in [-0.05, 0) is 18.1 Å². The predicted octanol–water partition coefficient (Wildman–Crippen LogP) is 1.32. The third kappa shape index (κ3) is 4.14. The lowest BCUT2D eigenvalue weighted by Gasteiger charge is -2.06. The van der Waals surface area contributed by atoms with Crippen LogP contribution in [0.15, 0.2) is 55.0 Å². The second kappa shape index (κ2) is 7.48. The summed E-state index contributed by atoms with van der Waals surface area (Å²) in [7, 11) is 0. The van der Waals surface area contributed by atoms with Crippen molar-refractivity contribution >= 4 is 22.8 Å². The van der Waals surface area contributed by atoms with E-state index >= 15 is 0 Å². The zero-order valence-electron chi connectivity index (χ0n) is 13.4. The van der Waals surface area contributed by atoms with E-state index in [2.05, 4.69) is 10.3 Å². The first kappa shape index (κ1) is 16.5. The van der Waals surface area contributed by atoms with Crippen LogP contribution in [-0.4, -0.2) is 30.0 Å². The molecule has 128 valence electrons. The monoisotopic (exact) mass is 339 g/mol. The van der Waals surface area contributed by atoms with Crippen molar-refractivity contribution in [2.75, 3.05) is 13.2 Å². The fraction of sp³-hybridized carbons (Fsp3) is 0.167. The van der Waals surface area contributed by atoms with Crippen LogP contribution in [0.5, 0.6) is 0 Å². The molecule has 0 radical (unpaired) electrons. The number of H-pyrrole nitrogens is 1. The van der Waals surface area contributed by atoms with E-state index in [1.807, 2.05) is 30.5 Å². The number of para-hydroxylation sites is 1. The summed E-state index contributed by atoms with van der Waals surface area (Å²) >= 11 is 0. The molecule has 0 atom stereocenters. The summed E-state index contributed by atoms with van der Waals surface area (Å²) in [6, 6.07) is 10.6. The van der Waals surface area contributed by atoms with Gasteiger partial charge in [0.25, 0.3) is 5.91 Å². The smallest absolute Gasteiger partial charge is 0.339 e. The number of aromatic nitrogens is 2. The normalized spacial score (nSPS) is 10.6. The molecule has 0 aliphatic rings. The average Bonchev–Trinajstić information content (AvgIpc) is 3.04. The van der Waals surface area contributed by atoms with Gasteiger partial charge in [-0.2, -0.15) is 4.73 Å². The molecule has 0 saturated carbocycles. The molecule has 0 fully saturated rings. The maximum absolute atomic E-state index is 11.8. The second-order valence-electron chi connectivity index (χ2n) is 5.48. The fourth-order valence-electron chi connectivity index (χ4n) is 2.49. The van der Waals surface area contributed by atoms with Crippen molar-refractivity contribution in [3.8, 4) is 0 Å². The Morgan fingerprint density at radius 1 is 1.16 bits per heavy atom. The Morgan fingerprint density at radius 2 is 1.92 bits per heavy atom. The molecule has 2 aromatic heterocycles. The average molecular weight is 339 g/mol. The van der Waals surface area contributed by atoms with Gasteiger partial charge in [0.05, 0.1) is 5.56 Å². The van der Waals surface area contributed by atoms with Crippen molar-refractivity contribution < 1.29 is 19.1 Å². The van der Waals surface area contributed by atoms with Crippen molar-refractivity contribution in [3.05, 3.63) is 71.3 Å². The minimum Gasteiger partial charge on any atom is -0.619 e. The van der Waals surface area contributed by atoms with Crippen molar-refractivity contribution in [3.63, 3.8) is 0 Å². The Labute approximate surface area is 143 Å². The zero-order chi connectivity index (χ0) is 17.6. The van der Waals surface area contributed by atoms with Crippen LogP contribution in [-0.2, 0) is 16.0 Å². The van der Waals surface area contributed by atoms with Gasteiger partial charge >= 0.3 is 5.97 Å². The molecule has 1 amide bonds. The molecule has 2 heterocycles. The van der Waals surface area contributed by atoms with E-state index in [-0.39, 0.29) is 18.1 Å². The maximum atomic E-state index is 11.8. The lowest BCUT2D eigenvalue weighted by molar-refractivity contribution is -0.605. The van der Waals surface area contributed by atoms with Gasteiger partial charge < -0.3 is 20.2 Å². The number of nitrogens with zero attached hydrogens (tertiary/aromatic N) is 1. The van der Waals surface area contributed by atoms with E-state index in [1.54, 1.807) is 0 Å². The summed E-state index contributed by atoms with van der Waals surface area (Å²) in [5, 5.41) is 14.8. The zero-order valence-corrected chi connectivity index (χ0v) is 13.4. The molecule has 0 aliphatic carbocycles. The first-order chi connectivity index (χ1) is 12.1. The topological polar surface area (TPSA) is 98.1 Å². The van der Waals surface area contributed by atoms with Gasteiger partial charge in [-0.3, -0.25) is 4.79 Å². The van der Waals surface area contributed by atoms with Gasteiger partial charge in [-0.25, -0.2) is 4.79 Å². The third-order valence-corrected chi connectivity index (χ3v) is 3.76. The summed E-state index contributed by atoms with van der Waals surface area (Å²) in [6.07, 6.45) is 4.98. The maximum Gasteiger partial charge on any atom is 0.339 e. The quantitative estimate of drug-likeness (QED) is 0.402. The second-order valence-corrected chi connectivity index (χ2v) is 5.48. The predicted molar refractivity (Wildman–Crippen MR) is 90.7 cm³/mol. The van der Waals surface area contributed by atoms with Crippen LogP contribution in [0.1, 0.15) is 15.9 Å². The van der Waals surface area contributed by atoms with Crippen LogP contribution >= 0.6 is 0 Å². The molecule has 25 heavy (non-hydrogen) atoms. The van der Waals surface area contributed by atoms with Gasteiger partial charge in [-0.1, -0.05) is 18.2 Å². The number of benzene rings is 1. The molecule has 0 saturated heterocycles. The summed E-state index contributed by atoms with van der Waals surface area (Å²) in [4.78, 5) is 26.7. The highest BCUT2D eigenvalue weighted by molar-refractivity contribution is 5.91. The molecular weight excluding hydrogens is 322 g/mol. The minimum atomic E-state index is -0.646.